The largest absolute Gasteiger partial charge is 0.497 e. The lowest BCUT2D eigenvalue weighted by molar-refractivity contribution is 0.0746. The monoisotopic (exact) mass is 507 g/mol. The first kappa shape index (κ1) is 24.2. The van der Waals surface area contributed by atoms with E-state index in [9.17, 15) is 13.2 Å². The van der Waals surface area contributed by atoms with E-state index in [0.717, 1.165) is 35.7 Å². The Hall–Kier alpha value is -3.50. The second-order valence-corrected chi connectivity index (χ2v) is 10.9. The summed E-state index contributed by atoms with van der Waals surface area (Å²) in [6.07, 6.45) is 1.78. The Kier molecular flexibility index (Phi) is 6.88. The number of ether oxygens (including phenoxy) is 1. The Morgan fingerprint density at radius 3 is 2.22 bits per heavy atom. The summed E-state index contributed by atoms with van der Waals surface area (Å²) in [5, 5.41) is 8.78. The van der Waals surface area contributed by atoms with Crippen molar-refractivity contribution in [2.24, 2.45) is 0 Å². The quantitative estimate of drug-likeness (QED) is 0.506. The predicted octanol–water partition coefficient (Wildman–Crippen LogP) is 2.90. The Balaban J connectivity index is 1.19. The minimum Gasteiger partial charge on any atom is -0.497 e. The van der Waals surface area contributed by atoms with Crippen LogP contribution in [0.4, 0.5) is 5.82 Å². The van der Waals surface area contributed by atoms with Crippen LogP contribution in [0.1, 0.15) is 23.2 Å². The molecule has 0 radical (unpaired) electrons. The number of carbonyl (C=O) groups excluding carboxylic acids is 1. The normalized spacial score (nSPS) is 16.8. The van der Waals surface area contributed by atoms with Crippen molar-refractivity contribution in [2.45, 2.75) is 17.7 Å². The van der Waals surface area contributed by atoms with Gasteiger partial charge in [-0.1, -0.05) is 12.1 Å². The molecule has 2 aliphatic heterocycles. The summed E-state index contributed by atoms with van der Waals surface area (Å²) in [5.74, 6) is 1.44. The van der Waals surface area contributed by atoms with Gasteiger partial charge in [0.2, 0.25) is 10.0 Å². The number of benzene rings is 2. The van der Waals surface area contributed by atoms with E-state index in [1.165, 1.54) is 16.4 Å². The predicted molar refractivity (Wildman–Crippen MR) is 137 cm³/mol. The molecule has 2 saturated heterocycles. The average molecular weight is 508 g/mol. The summed E-state index contributed by atoms with van der Waals surface area (Å²) in [6, 6.07) is 17.9. The fraction of sp³-hybridized carbons (Fsp3) is 0.346. The van der Waals surface area contributed by atoms with E-state index in [-0.39, 0.29) is 10.8 Å². The second kappa shape index (κ2) is 10.2. The molecule has 3 heterocycles. The first-order valence-electron chi connectivity index (χ1n) is 12.1. The molecule has 0 saturated carbocycles. The van der Waals surface area contributed by atoms with Crippen LogP contribution >= 0.6 is 0 Å². The molecule has 10 heteroatoms. The van der Waals surface area contributed by atoms with E-state index in [1.54, 1.807) is 24.1 Å². The highest BCUT2D eigenvalue weighted by molar-refractivity contribution is 7.89. The number of methoxy groups -OCH3 is 1. The highest BCUT2D eigenvalue weighted by Crippen LogP contribution is 2.24. The first-order chi connectivity index (χ1) is 17.5. The number of anilines is 1. The van der Waals surface area contributed by atoms with Gasteiger partial charge in [-0.15, -0.1) is 10.2 Å². The van der Waals surface area contributed by atoms with Gasteiger partial charge in [-0.05, 0) is 61.4 Å². The van der Waals surface area contributed by atoms with Crippen LogP contribution in [0, 0.1) is 0 Å². The van der Waals surface area contributed by atoms with Crippen molar-refractivity contribution >= 4 is 21.7 Å². The van der Waals surface area contributed by atoms with E-state index in [1.807, 2.05) is 36.4 Å². The Morgan fingerprint density at radius 2 is 1.58 bits per heavy atom. The summed E-state index contributed by atoms with van der Waals surface area (Å²) in [7, 11) is -1.85. The summed E-state index contributed by atoms with van der Waals surface area (Å²) < 4.78 is 32.2. The zero-order valence-corrected chi connectivity index (χ0v) is 21.0. The van der Waals surface area contributed by atoms with Gasteiger partial charge in [-0.25, -0.2) is 8.42 Å². The molecule has 188 valence electrons. The van der Waals surface area contributed by atoms with Crippen molar-refractivity contribution in [1.82, 2.24) is 19.4 Å². The third kappa shape index (κ3) is 4.91. The minimum absolute atomic E-state index is 0.0979. The number of rotatable bonds is 6. The number of hydrogen-bond donors (Lipinski definition) is 0. The van der Waals surface area contributed by atoms with E-state index >= 15 is 0 Å². The van der Waals surface area contributed by atoms with Gasteiger partial charge in [0.15, 0.2) is 5.82 Å². The number of piperazine rings is 1. The highest BCUT2D eigenvalue weighted by Gasteiger charge is 2.28. The highest BCUT2D eigenvalue weighted by atomic mass is 32.2. The van der Waals surface area contributed by atoms with Crippen LogP contribution in [0.2, 0.25) is 0 Å². The van der Waals surface area contributed by atoms with Gasteiger partial charge in [0.05, 0.1) is 17.7 Å². The van der Waals surface area contributed by atoms with E-state index in [4.69, 9.17) is 4.74 Å². The van der Waals surface area contributed by atoms with Gasteiger partial charge in [-0.2, -0.15) is 4.31 Å². The van der Waals surface area contributed by atoms with Crippen molar-refractivity contribution in [2.75, 3.05) is 51.3 Å². The molecular weight excluding hydrogens is 478 g/mol. The minimum atomic E-state index is -3.49. The number of aromatic nitrogens is 2. The molecule has 2 aliphatic rings. The Labute approximate surface area is 211 Å². The van der Waals surface area contributed by atoms with Crippen molar-refractivity contribution in [3.8, 4) is 17.0 Å². The molecule has 1 aromatic heterocycles. The smallest absolute Gasteiger partial charge is 0.253 e. The van der Waals surface area contributed by atoms with Crippen molar-refractivity contribution in [1.29, 1.82) is 0 Å². The third-order valence-electron chi connectivity index (χ3n) is 6.71. The van der Waals surface area contributed by atoms with E-state index in [2.05, 4.69) is 15.1 Å². The number of sulfonamides is 1. The standard InChI is InChI=1S/C26H29N5O4S/c1-35-22-6-4-5-21(19-22)24-11-12-25(28-27-24)29-15-17-30(18-16-29)26(32)20-7-9-23(10-8-20)36(33,34)31-13-2-3-14-31/h4-12,19H,2-3,13-18H2,1H3. The number of amides is 1. The van der Waals surface area contributed by atoms with Crippen LogP contribution in [-0.2, 0) is 10.0 Å². The molecule has 36 heavy (non-hydrogen) atoms. The lowest BCUT2D eigenvalue weighted by atomic mass is 10.1. The second-order valence-electron chi connectivity index (χ2n) is 8.92. The van der Waals surface area contributed by atoms with Crippen molar-refractivity contribution < 1.29 is 17.9 Å². The number of carbonyl (C=O) groups is 1. The molecular formula is C26H29N5O4S. The SMILES string of the molecule is COc1cccc(-c2ccc(N3CCN(C(=O)c4ccc(S(=O)(=O)N5CCCC5)cc4)CC3)nn2)c1. The van der Waals surface area contributed by atoms with Gasteiger partial charge < -0.3 is 14.5 Å². The molecule has 1 amide bonds. The first-order valence-corrected chi connectivity index (χ1v) is 13.5. The van der Waals surface area contributed by atoms with Gasteiger partial charge >= 0.3 is 0 Å². The molecule has 0 aliphatic carbocycles. The van der Waals surface area contributed by atoms with E-state index in [0.29, 0.717) is 44.8 Å². The van der Waals surface area contributed by atoms with Crippen LogP contribution in [0.5, 0.6) is 5.75 Å². The molecule has 3 aromatic rings. The molecule has 2 fully saturated rings. The summed E-state index contributed by atoms with van der Waals surface area (Å²) in [6.45, 7) is 3.49. The van der Waals surface area contributed by atoms with Crippen LogP contribution in [0.15, 0.2) is 65.6 Å². The molecule has 0 atom stereocenters. The number of hydrogen-bond acceptors (Lipinski definition) is 7. The van der Waals surface area contributed by atoms with Gasteiger partial charge in [0, 0.05) is 50.4 Å². The van der Waals surface area contributed by atoms with Crippen LogP contribution in [0.25, 0.3) is 11.3 Å². The maximum atomic E-state index is 13.0. The topological polar surface area (TPSA) is 95.9 Å². The van der Waals surface area contributed by atoms with Gasteiger partial charge in [0.25, 0.3) is 5.91 Å². The zero-order valence-electron chi connectivity index (χ0n) is 20.2. The molecule has 2 aromatic carbocycles. The molecule has 0 unspecified atom stereocenters. The van der Waals surface area contributed by atoms with Gasteiger partial charge in [-0.3, -0.25) is 4.79 Å². The Morgan fingerprint density at radius 1 is 0.861 bits per heavy atom. The van der Waals surface area contributed by atoms with Crippen LogP contribution < -0.4 is 9.64 Å². The van der Waals surface area contributed by atoms with Crippen LogP contribution in [-0.4, -0.2) is 80.1 Å². The summed E-state index contributed by atoms with van der Waals surface area (Å²) in [5.41, 5.74) is 2.19. The average Bonchev–Trinajstić information content (AvgIpc) is 3.49. The maximum Gasteiger partial charge on any atom is 0.253 e. The van der Waals surface area contributed by atoms with Crippen molar-refractivity contribution in [3.05, 3.63) is 66.2 Å². The molecule has 0 spiro atoms. The zero-order chi connectivity index (χ0) is 25.1. The van der Waals surface area contributed by atoms with Crippen LogP contribution in [0.3, 0.4) is 0 Å². The molecule has 0 bridgehead atoms. The van der Waals surface area contributed by atoms with Gasteiger partial charge in [0.1, 0.15) is 5.75 Å². The maximum absolute atomic E-state index is 13.0. The number of nitrogens with zero attached hydrogens (tertiary/aromatic N) is 5. The summed E-state index contributed by atoms with van der Waals surface area (Å²) in [4.78, 5) is 17.2. The molecule has 0 N–H and O–H groups in total. The molecule has 9 nitrogen and oxygen atoms in total. The lowest BCUT2D eigenvalue weighted by Crippen LogP contribution is -2.49. The Bertz CT molecular complexity index is 1320. The van der Waals surface area contributed by atoms with Crippen molar-refractivity contribution in [3.63, 3.8) is 0 Å². The fourth-order valence-electron chi connectivity index (χ4n) is 4.60. The summed E-state index contributed by atoms with van der Waals surface area (Å²) >= 11 is 0. The molecule has 5 rings (SSSR count). The third-order valence-corrected chi connectivity index (χ3v) is 8.62. The van der Waals surface area contributed by atoms with E-state index < -0.39 is 10.0 Å². The fourth-order valence-corrected chi connectivity index (χ4v) is 6.12. The lowest BCUT2D eigenvalue weighted by Gasteiger charge is -2.35.